The number of carbonyl (C=O) groups is 1. The van der Waals surface area contributed by atoms with E-state index in [0.29, 0.717) is 29.1 Å². The lowest BCUT2D eigenvalue weighted by molar-refractivity contribution is -0.130. The van der Waals surface area contributed by atoms with Crippen LogP contribution in [0, 0.1) is 0 Å². The second kappa shape index (κ2) is 6.53. The number of thiocarbonyl (C=S) groups is 1. The third-order valence-electron chi connectivity index (χ3n) is 3.24. The minimum absolute atomic E-state index is 0.0663. The number of fused-ring (bicyclic) bond motifs is 1. The maximum absolute atomic E-state index is 12.0. The van der Waals surface area contributed by atoms with Gasteiger partial charge in [-0.2, -0.15) is 0 Å². The highest BCUT2D eigenvalue weighted by atomic mass is 32.1. The normalized spacial score (nSPS) is 10.7. The monoisotopic (exact) mass is 307 g/mol. The zero-order valence-electron chi connectivity index (χ0n) is 11.7. The Hall–Kier alpha value is -2.15. The summed E-state index contributed by atoms with van der Waals surface area (Å²) in [7, 11) is 1.69. The quantitative estimate of drug-likeness (QED) is 0.809. The van der Waals surface area contributed by atoms with Crippen LogP contribution in [-0.4, -0.2) is 34.0 Å². The van der Waals surface area contributed by atoms with Crippen molar-refractivity contribution in [2.75, 3.05) is 13.6 Å². The summed E-state index contributed by atoms with van der Waals surface area (Å²) in [5.74, 6) is -0.516. The van der Waals surface area contributed by atoms with E-state index in [9.17, 15) is 9.59 Å². The van der Waals surface area contributed by atoms with Crippen LogP contribution in [0.2, 0.25) is 0 Å². The first-order chi connectivity index (χ1) is 9.99. The van der Waals surface area contributed by atoms with E-state index in [1.807, 2.05) is 6.07 Å². The maximum atomic E-state index is 12.0. The van der Waals surface area contributed by atoms with Crippen LogP contribution in [0.25, 0.3) is 11.1 Å². The lowest BCUT2D eigenvalue weighted by atomic mass is 10.3. The molecular weight excluding hydrogens is 290 g/mol. The van der Waals surface area contributed by atoms with Gasteiger partial charge in [-0.3, -0.25) is 9.36 Å². The van der Waals surface area contributed by atoms with E-state index < -0.39 is 5.76 Å². The number of aryl methyl sites for hydroxylation is 1. The minimum Gasteiger partial charge on any atom is -0.408 e. The summed E-state index contributed by atoms with van der Waals surface area (Å²) in [6, 6.07) is 7.14. The Kier molecular flexibility index (Phi) is 4.74. The van der Waals surface area contributed by atoms with Crippen molar-refractivity contribution in [2.45, 2.75) is 19.4 Å². The second-order valence-electron chi connectivity index (χ2n) is 4.77. The molecule has 0 aliphatic rings. The summed E-state index contributed by atoms with van der Waals surface area (Å²) < 4.78 is 6.59. The van der Waals surface area contributed by atoms with Crippen LogP contribution in [0.3, 0.4) is 0 Å². The predicted octanol–water partition coefficient (Wildman–Crippen LogP) is 1.12. The Labute approximate surface area is 127 Å². The van der Waals surface area contributed by atoms with Gasteiger partial charge >= 0.3 is 5.76 Å². The SMILES string of the molecule is CN(CCC(N)=S)C(=O)CCn1c(=O)oc2ccccc21. The highest BCUT2D eigenvalue weighted by Gasteiger charge is 2.13. The zero-order valence-corrected chi connectivity index (χ0v) is 12.6. The number of aromatic nitrogens is 1. The van der Waals surface area contributed by atoms with Crippen LogP contribution in [0.1, 0.15) is 12.8 Å². The number of rotatable bonds is 6. The molecule has 0 spiro atoms. The minimum atomic E-state index is -0.449. The molecule has 1 amide bonds. The van der Waals surface area contributed by atoms with Gasteiger partial charge in [-0.25, -0.2) is 4.79 Å². The molecule has 1 aromatic carbocycles. The summed E-state index contributed by atoms with van der Waals surface area (Å²) in [5, 5.41) is 0. The lowest BCUT2D eigenvalue weighted by Gasteiger charge is -2.16. The van der Waals surface area contributed by atoms with Gasteiger partial charge in [0.1, 0.15) is 0 Å². The van der Waals surface area contributed by atoms with Gasteiger partial charge < -0.3 is 15.1 Å². The molecular formula is C14H17N3O3S. The van der Waals surface area contributed by atoms with Crippen molar-refractivity contribution in [3.63, 3.8) is 0 Å². The molecule has 0 aliphatic heterocycles. The zero-order chi connectivity index (χ0) is 15.4. The molecule has 112 valence electrons. The number of carbonyl (C=O) groups excluding carboxylic acids is 1. The Morgan fingerprint density at radius 1 is 1.38 bits per heavy atom. The third-order valence-corrected chi connectivity index (χ3v) is 3.45. The third kappa shape index (κ3) is 3.69. The average molecular weight is 307 g/mol. The van der Waals surface area contributed by atoms with Crippen molar-refractivity contribution < 1.29 is 9.21 Å². The molecule has 2 aromatic rings. The van der Waals surface area contributed by atoms with Crippen LogP contribution in [0.5, 0.6) is 0 Å². The van der Waals surface area contributed by atoms with Crippen LogP contribution in [0.4, 0.5) is 0 Å². The first kappa shape index (κ1) is 15.2. The molecule has 2 N–H and O–H groups in total. The van der Waals surface area contributed by atoms with Gasteiger partial charge in [-0.15, -0.1) is 0 Å². The highest BCUT2D eigenvalue weighted by molar-refractivity contribution is 7.80. The number of benzene rings is 1. The fourth-order valence-corrected chi connectivity index (χ4v) is 2.12. The van der Waals surface area contributed by atoms with Gasteiger partial charge in [0.05, 0.1) is 10.5 Å². The van der Waals surface area contributed by atoms with Gasteiger partial charge in [0.15, 0.2) is 5.58 Å². The molecule has 0 saturated heterocycles. The molecule has 1 heterocycles. The number of nitrogens with zero attached hydrogens (tertiary/aromatic N) is 2. The molecule has 0 atom stereocenters. The molecule has 0 aliphatic carbocycles. The van der Waals surface area contributed by atoms with Crippen LogP contribution in [0.15, 0.2) is 33.5 Å². The second-order valence-corrected chi connectivity index (χ2v) is 5.29. The average Bonchev–Trinajstić information content (AvgIpc) is 2.77. The van der Waals surface area contributed by atoms with Gasteiger partial charge in [-0.1, -0.05) is 24.4 Å². The predicted molar refractivity (Wildman–Crippen MR) is 84.1 cm³/mol. The molecule has 0 radical (unpaired) electrons. The summed E-state index contributed by atoms with van der Waals surface area (Å²) in [4.78, 5) is 25.7. The molecule has 7 heteroatoms. The maximum Gasteiger partial charge on any atom is 0.419 e. The fourth-order valence-electron chi connectivity index (χ4n) is 2.03. The first-order valence-electron chi connectivity index (χ1n) is 6.59. The summed E-state index contributed by atoms with van der Waals surface area (Å²) in [5.41, 5.74) is 6.63. The fraction of sp³-hybridized carbons (Fsp3) is 0.357. The first-order valence-corrected chi connectivity index (χ1v) is 7.00. The summed E-state index contributed by atoms with van der Waals surface area (Å²) >= 11 is 4.78. The molecule has 21 heavy (non-hydrogen) atoms. The Morgan fingerprint density at radius 2 is 2.10 bits per heavy atom. The topological polar surface area (TPSA) is 81.5 Å². The largest absolute Gasteiger partial charge is 0.419 e. The number of hydrogen-bond acceptors (Lipinski definition) is 4. The number of amides is 1. The van der Waals surface area contributed by atoms with Crippen molar-refractivity contribution in [1.29, 1.82) is 0 Å². The van der Waals surface area contributed by atoms with Gasteiger partial charge in [0, 0.05) is 33.0 Å². The van der Waals surface area contributed by atoms with Crippen molar-refractivity contribution in [1.82, 2.24) is 9.47 Å². The summed E-state index contributed by atoms with van der Waals surface area (Å²) in [6.07, 6.45) is 0.712. The number of nitrogens with two attached hydrogens (primary N) is 1. The van der Waals surface area contributed by atoms with Crippen LogP contribution < -0.4 is 11.5 Å². The molecule has 0 bridgehead atoms. The molecule has 1 aromatic heterocycles. The van der Waals surface area contributed by atoms with E-state index in [4.69, 9.17) is 22.4 Å². The molecule has 0 fully saturated rings. The molecule has 0 saturated carbocycles. The van der Waals surface area contributed by atoms with E-state index >= 15 is 0 Å². The van der Waals surface area contributed by atoms with Gasteiger partial charge in [-0.05, 0) is 12.1 Å². The van der Waals surface area contributed by atoms with E-state index in [1.54, 1.807) is 30.1 Å². The van der Waals surface area contributed by atoms with Gasteiger partial charge in [0.25, 0.3) is 0 Å². The van der Waals surface area contributed by atoms with Crippen molar-refractivity contribution in [3.8, 4) is 0 Å². The number of oxazole rings is 1. The molecule has 2 rings (SSSR count). The van der Waals surface area contributed by atoms with Crippen molar-refractivity contribution >= 4 is 34.2 Å². The molecule has 0 unspecified atom stereocenters. The van der Waals surface area contributed by atoms with Gasteiger partial charge in [0.2, 0.25) is 5.91 Å². The van der Waals surface area contributed by atoms with E-state index in [2.05, 4.69) is 0 Å². The Bertz CT molecular complexity index is 720. The van der Waals surface area contributed by atoms with E-state index in [-0.39, 0.29) is 18.9 Å². The Morgan fingerprint density at radius 3 is 2.81 bits per heavy atom. The summed E-state index contributed by atoms with van der Waals surface area (Å²) in [6.45, 7) is 0.765. The smallest absolute Gasteiger partial charge is 0.408 e. The Balaban J connectivity index is 2.01. The van der Waals surface area contributed by atoms with Crippen molar-refractivity contribution in [2.24, 2.45) is 5.73 Å². The van der Waals surface area contributed by atoms with Crippen LogP contribution in [-0.2, 0) is 11.3 Å². The van der Waals surface area contributed by atoms with E-state index in [1.165, 1.54) is 4.57 Å². The highest BCUT2D eigenvalue weighted by Crippen LogP contribution is 2.12. The van der Waals surface area contributed by atoms with Crippen molar-refractivity contribution in [3.05, 3.63) is 34.8 Å². The van der Waals surface area contributed by atoms with Crippen LogP contribution >= 0.6 is 12.2 Å². The van der Waals surface area contributed by atoms with E-state index in [0.717, 1.165) is 0 Å². The molecule has 6 nitrogen and oxygen atoms in total. The number of para-hydroxylation sites is 2. The number of hydrogen-bond donors (Lipinski definition) is 1. The standard InChI is InChI=1S/C14H17N3O3S/c1-16(8-6-12(15)21)13(18)7-9-17-10-4-2-3-5-11(10)20-14(17)19/h2-5H,6-9H2,1H3,(H2,15,21). The lowest BCUT2D eigenvalue weighted by Crippen LogP contribution is -2.31.